The van der Waals surface area contributed by atoms with Crippen molar-refractivity contribution in [2.24, 2.45) is 27.2 Å². The summed E-state index contributed by atoms with van der Waals surface area (Å²) in [5.41, 5.74) is 15.7. The average molecular weight is 209 g/mol. The summed E-state index contributed by atoms with van der Waals surface area (Å²) in [7, 11) is 0. The highest BCUT2D eigenvalue weighted by Crippen LogP contribution is 1.90. The van der Waals surface area contributed by atoms with E-state index in [2.05, 4.69) is 15.1 Å². The van der Waals surface area contributed by atoms with Gasteiger partial charge in [-0.1, -0.05) is 0 Å². The smallest absolute Gasteiger partial charge is 0.218 e. The fraction of sp³-hybridized carbons (Fsp3) is 0.375. The van der Waals surface area contributed by atoms with E-state index < -0.39 is 0 Å². The molecule has 0 fully saturated rings. The summed E-state index contributed by atoms with van der Waals surface area (Å²) in [5, 5.41) is 4.05. The SMILES string of the molecule is NC(N)=NC(N)=NCCCn1cccn1. The first-order valence-electron chi connectivity index (χ1n) is 4.55. The molecule has 0 aliphatic heterocycles. The summed E-state index contributed by atoms with van der Waals surface area (Å²) in [5.74, 6) is 0.0267. The van der Waals surface area contributed by atoms with Crippen LogP contribution < -0.4 is 17.2 Å². The molecule has 0 unspecified atom stereocenters. The molecular weight excluding hydrogens is 194 g/mol. The van der Waals surface area contributed by atoms with Gasteiger partial charge in [-0.2, -0.15) is 10.1 Å². The highest BCUT2D eigenvalue weighted by Gasteiger charge is 1.91. The molecule has 0 atom stereocenters. The van der Waals surface area contributed by atoms with Gasteiger partial charge in [0.25, 0.3) is 0 Å². The molecule has 0 amide bonds. The van der Waals surface area contributed by atoms with E-state index in [0.717, 1.165) is 13.0 Å². The van der Waals surface area contributed by atoms with Crippen molar-refractivity contribution in [3.8, 4) is 0 Å². The van der Waals surface area contributed by atoms with Crippen molar-refractivity contribution in [1.29, 1.82) is 0 Å². The third kappa shape index (κ3) is 4.65. The van der Waals surface area contributed by atoms with Crippen molar-refractivity contribution in [2.45, 2.75) is 13.0 Å². The number of nitrogens with two attached hydrogens (primary N) is 3. The first-order chi connectivity index (χ1) is 7.18. The Morgan fingerprint density at radius 1 is 1.33 bits per heavy atom. The van der Waals surface area contributed by atoms with Crippen molar-refractivity contribution in [2.75, 3.05) is 6.54 Å². The average Bonchev–Trinajstić information content (AvgIpc) is 2.63. The second-order valence-electron chi connectivity index (χ2n) is 2.90. The number of nitrogens with zero attached hydrogens (tertiary/aromatic N) is 4. The van der Waals surface area contributed by atoms with E-state index in [4.69, 9.17) is 17.2 Å². The number of aromatic nitrogens is 2. The van der Waals surface area contributed by atoms with Crippen LogP contribution in [-0.2, 0) is 6.54 Å². The predicted molar refractivity (Wildman–Crippen MR) is 59.1 cm³/mol. The normalized spacial score (nSPS) is 11.3. The molecule has 6 N–H and O–H groups in total. The lowest BCUT2D eigenvalue weighted by Crippen LogP contribution is -2.26. The minimum atomic E-state index is -0.0803. The number of guanidine groups is 2. The highest BCUT2D eigenvalue weighted by atomic mass is 15.3. The molecule has 0 radical (unpaired) electrons. The van der Waals surface area contributed by atoms with Crippen molar-refractivity contribution in [3.05, 3.63) is 18.5 Å². The number of aryl methyl sites for hydroxylation is 1. The van der Waals surface area contributed by atoms with Crippen LogP contribution in [0.25, 0.3) is 0 Å². The maximum Gasteiger partial charge on any atom is 0.218 e. The Kier molecular flexibility index (Phi) is 4.14. The molecule has 82 valence electrons. The molecular formula is C8H15N7. The molecule has 7 nitrogen and oxygen atoms in total. The molecule has 1 aromatic rings. The number of aliphatic imine (C=N–C) groups is 2. The lowest BCUT2D eigenvalue weighted by Gasteiger charge is -1.98. The summed E-state index contributed by atoms with van der Waals surface area (Å²) >= 11 is 0. The second-order valence-corrected chi connectivity index (χ2v) is 2.90. The van der Waals surface area contributed by atoms with Gasteiger partial charge in [-0.3, -0.25) is 9.67 Å². The third-order valence-electron chi connectivity index (χ3n) is 1.62. The van der Waals surface area contributed by atoms with Crippen LogP contribution in [0, 0.1) is 0 Å². The van der Waals surface area contributed by atoms with Gasteiger partial charge in [0.1, 0.15) is 0 Å². The van der Waals surface area contributed by atoms with E-state index in [9.17, 15) is 0 Å². The Bertz CT molecular complexity index is 334. The van der Waals surface area contributed by atoms with Crippen LogP contribution in [0.15, 0.2) is 28.4 Å². The lowest BCUT2D eigenvalue weighted by molar-refractivity contribution is 0.585. The Morgan fingerprint density at radius 3 is 2.73 bits per heavy atom. The van der Waals surface area contributed by atoms with Gasteiger partial charge < -0.3 is 17.2 Å². The quantitative estimate of drug-likeness (QED) is 0.329. The lowest BCUT2D eigenvalue weighted by atomic mass is 10.4. The zero-order valence-corrected chi connectivity index (χ0v) is 8.37. The zero-order valence-electron chi connectivity index (χ0n) is 8.37. The summed E-state index contributed by atoms with van der Waals surface area (Å²) in [6, 6.07) is 1.87. The standard InChI is InChI=1S/C8H15N7/c9-7(10)14-8(11)12-3-1-5-15-6-2-4-13-15/h2,4,6H,1,3,5H2,(H6,9,10,11,12,14). The van der Waals surface area contributed by atoms with Gasteiger partial charge in [0.05, 0.1) is 0 Å². The van der Waals surface area contributed by atoms with Gasteiger partial charge in [0.15, 0.2) is 5.96 Å². The predicted octanol–water partition coefficient (Wildman–Crippen LogP) is -1.14. The van der Waals surface area contributed by atoms with Gasteiger partial charge in [0, 0.05) is 25.5 Å². The van der Waals surface area contributed by atoms with Crippen molar-refractivity contribution < 1.29 is 0 Å². The molecule has 1 rings (SSSR count). The number of hydrogen-bond acceptors (Lipinski definition) is 2. The Morgan fingerprint density at radius 2 is 2.13 bits per heavy atom. The largest absolute Gasteiger partial charge is 0.370 e. The first kappa shape index (κ1) is 11.0. The maximum atomic E-state index is 5.41. The van der Waals surface area contributed by atoms with Crippen LogP contribution in [0.4, 0.5) is 0 Å². The monoisotopic (exact) mass is 209 g/mol. The van der Waals surface area contributed by atoms with Crippen LogP contribution in [0.2, 0.25) is 0 Å². The first-order valence-corrected chi connectivity index (χ1v) is 4.55. The van der Waals surface area contributed by atoms with E-state index in [1.165, 1.54) is 0 Å². The van der Waals surface area contributed by atoms with Crippen LogP contribution in [0.5, 0.6) is 0 Å². The number of rotatable bonds is 4. The molecule has 1 heterocycles. The van der Waals surface area contributed by atoms with Gasteiger partial charge in [-0.15, -0.1) is 0 Å². The van der Waals surface area contributed by atoms with Crippen molar-refractivity contribution in [3.63, 3.8) is 0 Å². The minimum absolute atomic E-state index is 0.0803. The van der Waals surface area contributed by atoms with Crippen molar-refractivity contribution in [1.82, 2.24) is 9.78 Å². The fourth-order valence-corrected chi connectivity index (χ4v) is 1.03. The van der Waals surface area contributed by atoms with Gasteiger partial charge in [-0.25, -0.2) is 0 Å². The Labute approximate surface area is 87.7 Å². The molecule has 0 spiro atoms. The Balaban J connectivity index is 2.24. The van der Waals surface area contributed by atoms with Crippen LogP contribution in [0.1, 0.15) is 6.42 Å². The summed E-state index contributed by atoms with van der Waals surface area (Å²) < 4.78 is 1.83. The minimum Gasteiger partial charge on any atom is -0.370 e. The van der Waals surface area contributed by atoms with Gasteiger partial charge >= 0.3 is 0 Å². The molecule has 15 heavy (non-hydrogen) atoms. The summed E-state index contributed by atoms with van der Waals surface area (Å²) in [6.07, 6.45) is 4.46. The summed E-state index contributed by atoms with van der Waals surface area (Å²) in [6.45, 7) is 1.37. The van der Waals surface area contributed by atoms with E-state index in [1.807, 2.05) is 16.9 Å². The van der Waals surface area contributed by atoms with E-state index in [1.54, 1.807) is 6.20 Å². The van der Waals surface area contributed by atoms with Gasteiger partial charge in [0.2, 0.25) is 5.96 Å². The molecule has 1 aromatic heterocycles. The fourth-order valence-electron chi connectivity index (χ4n) is 1.03. The molecule has 7 heteroatoms. The van der Waals surface area contributed by atoms with Crippen LogP contribution in [-0.4, -0.2) is 28.2 Å². The molecule has 0 saturated carbocycles. The zero-order chi connectivity index (χ0) is 11.1. The molecule has 0 saturated heterocycles. The van der Waals surface area contributed by atoms with Crippen molar-refractivity contribution >= 4 is 11.9 Å². The molecule has 0 aliphatic rings. The number of hydrogen-bond donors (Lipinski definition) is 3. The Hall–Kier alpha value is -2.05. The second kappa shape index (κ2) is 5.63. The van der Waals surface area contributed by atoms with Gasteiger partial charge in [-0.05, 0) is 12.5 Å². The van der Waals surface area contributed by atoms with E-state index in [-0.39, 0.29) is 11.9 Å². The maximum absolute atomic E-state index is 5.41. The molecule has 0 aliphatic carbocycles. The van der Waals surface area contributed by atoms with Crippen LogP contribution in [0.3, 0.4) is 0 Å². The molecule has 0 aromatic carbocycles. The van der Waals surface area contributed by atoms with Crippen LogP contribution >= 0.6 is 0 Å². The third-order valence-corrected chi connectivity index (χ3v) is 1.62. The van der Waals surface area contributed by atoms with E-state index >= 15 is 0 Å². The summed E-state index contributed by atoms with van der Waals surface area (Å²) in [4.78, 5) is 7.56. The van der Waals surface area contributed by atoms with E-state index in [0.29, 0.717) is 6.54 Å². The highest BCUT2D eigenvalue weighted by molar-refractivity contribution is 5.92. The molecule has 0 bridgehead atoms. The topological polar surface area (TPSA) is 121 Å².